The number of phenols is 1. The van der Waals surface area contributed by atoms with Gasteiger partial charge in [-0.3, -0.25) is 0 Å². The standard InChI is InChI=1S/C13H18O4/c1-3-5-9-7-8-11(17-13(15)16)12(14)10(9)6-4-2/h7-8,14H,3-6H2,1-2H3,(H,15,16). The van der Waals surface area contributed by atoms with Crippen molar-refractivity contribution in [1.82, 2.24) is 0 Å². The molecule has 0 unspecified atom stereocenters. The number of carboxylic acid groups (broad SMARTS) is 1. The maximum absolute atomic E-state index is 10.5. The van der Waals surface area contributed by atoms with Crippen molar-refractivity contribution in [1.29, 1.82) is 0 Å². The van der Waals surface area contributed by atoms with E-state index < -0.39 is 6.16 Å². The van der Waals surface area contributed by atoms with Gasteiger partial charge in [0.2, 0.25) is 0 Å². The molecule has 0 aliphatic carbocycles. The summed E-state index contributed by atoms with van der Waals surface area (Å²) in [5, 5.41) is 18.5. The van der Waals surface area contributed by atoms with Gasteiger partial charge in [-0.1, -0.05) is 32.8 Å². The minimum atomic E-state index is -1.41. The van der Waals surface area contributed by atoms with Crippen LogP contribution in [0.3, 0.4) is 0 Å². The first-order valence-electron chi connectivity index (χ1n) is 5.84. The van der Waals surface area contributed by atoms with E-state index in [4.69, 9.17) is 5.11 Å². The highest BCUT2D eigenvalue weighted by Gasteiger charge is 2.14. The highest BCUT2D eigenvalue weighted by atomic mass is 16.7. The van der Waals surface area contributed by atoms with Gasteiger partial charge in [-0.05, 0) is 24.5 Å². The molecule has 0 saturated heterocycles. The van der Waals surface area contributed by atoms with Gasteiger partial charge in [0.15, 0.2) is 11.5 Å². The SMILES string of the molecule is CCCc1ccc(OC(=O)O)c(O)c1CCC. The number of hydrogen-bond donors (Lipinski definition) is 2. The van der Waals surface area contributed by atoms with Crippen molar-refractivity contribution < 1.29 is 19.7 Å². The molecular formula is C13H18O4. The molecule has 4 nitrogen and oxygen atoms in total. The summed E-state index contributed by atoms with van der Waals surface area (Å²) in [7, 11) is 0. The zero-order valence-electron chi connectivity index (χ0n) is 10.2. The molecule has 1 aromatic carbocycles. The summed E-state index contributed by atoms with van der Waals surface area (Å²) in [5.74, 6) is -0.0268. The quantitative estimate of drug-likeness (QED) is 0.609. The summed E-state index contributed by atoms with van der Waals surface area (Å²) in [6, 6.07) is 3.33. The monoisotopic (exact) mass is 238 g/mol. The number of aromatic hydroxyl groups is 1. The maximum Gasteiger partial charge on any atom is 0.511 e. The molecule has 0 aliphatic rings. The fraction of sp³-hybridized carbons (Fsp3) is 0.462. The molecule has 0 amide bonds. The molecule has 0 bridgehead atoms. The van der Waals surface area contributed by atoms with Gasteiger partial charge < -0.3 is 14.9 Å². The van der Waals surface area contributed by atoms with Gasteiger partial charge in [0, 0.05) is 5.56 Å². The Labute approximate surface area is 101 Å². The highest BCUT2D eigenvalue weighted by Crippen LogP contribution is 2.34. The molecule has 0 atom stereocenters. The Bertz CT molecular complexity index is 399. The third kappa shape index (κ3) is 3.37. The van der Waals surface area contributed by atoms with Crippen LogP contribution in [0.25, 0.3) is 0 Å². The van der Waals surface area contributed by atoms with Crippen molar-refractivity contribution in [3.8, 4) is 11.5 Å². The molecule has 0 aliphatic heterocycles. The summed E-state index contributed by atoms with van der Waals surface area (Å²) in [4.78, 5) is 10.5. The van der Waals surface area contributed by atoms with E-state index in [1.165, 1.54) is 6.07 Å². The molecule has 0 spiro atoms. The minimum Gasteiger partial charge on any atom is -0.504 e. The third-order valence-electron chi connectivity index (χ3n) is 2.56. The highest BCUT2D eigenvalue weighted by molar-refractivity contribution is 5.64. The summed E-state index contributed by atoms with van der Waals surface area (Å²) in [5.41, 5.74) is 1.86. The lowest BCUT2D eigenvalue weighted by Gasteiger charge is -2.13. The van der Waals surface area contributed by atoms with Gasteiger partial charge in [0.1, 0.15) is 0 Å². The van der Waals surface area contributed by atoms with E-state index >= 15 is 0 Å². The lowest BCUT2D eigenvalue weighted by Crippen LogP contribution is -2.05. The molecule has 0 saturated carbocycles. The van der Waals surface area contributed by atoms with Crippen LogP contribution in [-0.4, -0.2) is 16.4 Å². The van der Waals surface area contributed by atoms with Crippen molar-refractivity contribution in [3.63, 3.8) is 0 Å². The fourth-order valence-electron chi connectivity index (χ4n) is 1.87. The fourth-order valence-corrected chi connectivity index (χ4v) is 1.87. The van der Waals surface area contributed by atoms with E-state index in [1.54, 1.807) is 0 Å². The van der Waals surface area contributed by atoms with Crippen molar-refractivity contribution in [3.05, 3.63) is 23.3 Å². The van der Waals surface area contributed by atoms with Gasteiger partial charge in [-0.2, -0.15) is 0 Å². The van der Waals surface area contributed by atoms with Crippen LogP contribution in [0.4, 0.5) is 4.79 Å². The zero-order valence-corrected chi connectivity index (χ0v) is 10.2. The lowest BCUT2D eigenvalue weighted by molar-refractivity contribution is 0.143. The number of hydrogen-bond acceptors (Lipinski definition) is 3. The molecule has 2 N–H and O–H groups in total. The van der Waals surface area contributed by atoms with Crippen LogP contribution in [0.5, 0.6) is 11.5 Å². The van der Waals surface area contributed by atoms with Gasteiger partial charge in [0.25, 0.3) is 0 Å². The van der Waals surface area contributed by atoms with Crippen molar-refractivity contribution in [2.75, 3.05) is 0 Å². The van der Waals surface area contributed by atoms with Crippen LogP contribution in [0.1, 0.15) is 37.8 Å². The molecule has 1 aromatic rings. The molecular weight excluding hydrogens is 220 g/mol. The molecule has 4 heteroatoms. The van der Waals surface area contributed by atoms with Gasteiger partial charge in [-0.25, -0.2) is 4.79 Å². The van der Waals surface area contributed by atoms with Crippen LogP contribution in [0.15, 0.2) is 12.1 Å². The molecule has 17 heavy (non-hydrogen) atoms. The van der Waals surface area contributed by atoms with Crippen LogP contribution >= 0.6 is 0 Å². The molecule has 0 heterocycles. The molecule has 1 rings (SSSR count). The molecule has 0 aromatic heterocycles. The van der Waals surface area contributed by atoms with Crippen LogP contribution < -0.4 is 4.74 Å². The first-order valence-corrected chi connectivity index (χ1v) is 5.84. The van der Waals surface area contributed by atoms with Gasteiger partial charge >= 0.3 is 6.16 Å². The summed E-state index contributed by atoms with van der Waals surface area (Å²) >= 11 is 0. The smallest absolute Gasteiger partial charge is 0.504 e. The normalized spacial score (nSPS) is 10.2. The van der Waals surface area contributed by atoms with Gasteiger partial charge in [0.05, 0.1) is 0 Å². The topological polar surface area (TPSA) is 66.8 Å². The summed E-state index contributed by atoms with van der Waals surface area (Å²) in [6.45, 7) is 4.08. The van der Waals surface area contributed by atoms with Crippen LogP contribution in [-0.2, 0) is 12.8 Å². The Morgan fingerprint density at radius 3 is 2.41 bits per heavy atom. The number of aryl methyl sites for hydroxylation is 1. The van der Waals surface area contributed by atoms with E-state index in [2.05, 4.69) is 11.7 Å². The van der Waals surface area contributed by atoms with E-state index in [9.17, 15) is 9.90 Å². The van der Waals surface area contributed by atoms with E-state index in [0.29, 0.717) is 0 Å². The Kier molecular flexibility index (Phi) is 4.82. The maximum atomic E-state index is 10.5. The number of phenolic OH excluding ortho intramolecular Hbond substituents is 1. The third-order valence-corrected chi connectivity index (χ3v) is 2.56. The largest absolute Gasteiger partial charge is 0.511 e. The predicted octanol–water partition coefficient (Wildman–Crippen LogP) is 3.35. The average molecular weight is 238 g/mol. The average Bonchev–Trinajstić information content (AvgIpc) is 2.27. The van der Waals surface area contributed by atoms with E-state index in [1.807, 2.05) is 13.0 Å². The Hall–Kier alpha value is -1.71. The summed E-state index contributed by atoms with van der Waals surface area (Å²) in [6.07, 6.45) is 2.05. The first-order chi connectivity index (χ1) is 8.10. The number of benzene rings is 1. The Balaban J connectivity index is 3.12. The number of rotatable bonds is 5. The molecule has 94 valence electrons. The van der Waals surface area contributed by atoms with Crippen molar-refractivity contribution >= 4 is 6.16 Å². The van der Waals surface area contributed by atoms with Crippen molar-refractivity contribution in [2.45, 2.75) is 39.5 Å². The molecule has 0 radical (unpaired) electrons. The second-order valence-corrected chi connectivity index (χ2v) is 3.92. The number of ether oxygens (including phenoxy) is 1. The van der Waals surface area contributed by atoms with Gasteiger partial charge in [-0.15, -0.1) is 0 Å². The lowest BCUT2D eigenvalue weighted by atomic mass is 9.98. The van der Waals surface area contributed by atoms with E-state index in [0.717, 1.165) is 36.8 Å². The van der Waals surface area contributed by atoms with Crippen LogP contribution in [0, 0.1) is 0 Å². The first kappa shape index (κ1) is 13.4. The number of carbonyl (C=O) groups is 1. The van der Waals surface area contributed by atoms with Crippen molar-refractivity contribution in [2.24, 2.45) is 0 Å². The second-order valence-electron chi connectivity index (χ2n) is 3.92. The Morgan fingerprint density at radius 1 is 1.24 bits per heavy atom. The van der Waals surface area contributed by atoms with E-state index in [-0.39, 0.29) is 11.5 Å². The molecule has 0 fully saturated rings. The van der Waals surface area contributed by atoms with Crippen LogP contribution in [0.2, 0.25) is 0 Å². The minimum absolute atomic E-state index is 0.0146. The zero-order chi connectivity index (χ0) is 12.8. The predicted molar refractivity (Wildman–Crippen MR) is 64.7 cm³/mol. The second kappa shape index (κ2) is 6.13. The summed E-state index contributed by atoms with van der Waals surface area (Å²) < 4.78 is 4.53. The Morgan fingerprint density at radius 2 is 1.88 bits per heavy atom.